The minimum atomic E-state index is -0.0993. The summed E-state index contributed by atoms with van der Waals surface area (Å²) in [6.07, 6.45) is 0.623. The van der Waals surface area contributed by atoms with E-state index in [-0.39, 0.29) is 17.9 Å². The second-order valence-electron chi connectivity index (χ2n) is 7.19. The summed E-state index contributed by atoms with van der Waals surface area (Å²) in [7, 11) is 0. The number of rotatable bonds is 6. The van der Waals surface area contributed by atoms with Gasteiger partial charge in [0.25, 0.3) is 0 Å². The van der Waals surface area contributed by atoms with Gasteiger partial charge in [0.15, 0.2) is 6.10 Å². The molecule has 2 aromatic carbocycles. The van der Waals surface area contributed by atoms with Crippen LogP contribution in [0.4, 0.5) is 0 Å². The van der Waals surface area contributed by atoms with Crippen molar-refractivity contribution in [3.63, 3.8) is 0 Å². The molecule has 0 N–H and O–H groups in total. The average Bonchev–Trinajstić information content (AvgIpc) is 3.10. The largest absolute Gasteiger partial charge is 0.390 e. The van der Waals surface area contributed by atoms with Crippen molar-refractivity contribution in [2.24, 2.45) is 11.1 Å². The van der Waals surface area contributed by atoms with E-state index in [1.54, 1.807) is 0 Å². The molecule has 1 amide bonds. The van der Waals surface area contributed by atoms with Crippen LogP contribution in [0.2, 0.25) is 0 Å². The molecule has 3 rings (SSSR count). The maximum atomic E-state index is 12.7. The molecule has 0 bridgehead atoms. The first-order chi connectivity index (χ1) is 12.5. The van der Waals surface area contributed by atoms with Gasteiger partial charge in [-0.25, -0.2) is 0 Å². The zero-order chi connectivity index (χ0) is 18.5. The van der Waals surface area contributed by atoms with Crippen LogP contribution in [0.1, 0.15) is 37.0 Å². The Morgan fingerprint density at radius 2 is 1.85 bits per heavy atom. The highest BCUT2D eigenvalue weighted by Crippen LogP contribution is 2.20. The second kappa shape index (κ2) is 8.17. The van der Waals surface area contributed by atoms with E-state index in [9.17, 15) is 4.79 Å². The molecular weight excluding hydrogens is 324 g/mol. The summed E-state index contributed by atoms with van der Waals surface area (Å²) < 4.78 is 0. The van der Waals surface area contributed by atoms with Gasteiger partial charge in [0.05, 0.1) is 12.3 Å². The standard InChI is InChI=1S/C22H26N2O2/c1-16(2)22(25)24(14-18-7-5-4-6-8-18)15-20-13-21(23-26-20)19-11-9-17(3)10-12-19/h4-12,16,20H,13-15H2,1-3H3. The first kappa shape index (κ1) is 18.2. The molecule has 0 aliphatic carbocycles. The molecule has 0 saturated carbocycles. The van der Waals surface area contributed by atoms with Gasteiger partial charge in [-0.1, -0.05) is 79.2 Å². The zero-order valence-corrected chi connectivity index (χ0v) is 15.7. The predicted octanol–water partition coefficient (Wildman–Crippen LogP) is 4.17. The van der Waals surface area contributed by atoms with Gasteiger partial charge in [-0.15, -0.1) is 0 Å². The normalized spacial score (nSPS) is 16.3. The minimum absolute atomic E-state index is 0.0439. The van der Waals surface area contributed by atoms with Crippen LogP contribution in [0.25, 0.3) is 0 Å². The Bertz CT molecular complexity index is 766. The van der Waals surface area contributed by atoms with Gasteiger partial charge in [-0.2, -0.15) is 0 Å². The number of oxime groups is 1. The molecule has 1 aliphatic heterocycles. The van der Waals surface area contributed by atoms with Gasteiger partial charge in [0.1, 0.15) is 0 Å². The number of hydrogen-bond acceptors (Lipinski definition) is 3. The van der Waals surface area contributed by atoms with Crippen molar-refractivity contribution in [3.8, 4) is 0 Å². The summed E-state index contributed by atoms with van der Waals surface area (Å²) in [5.74, 6) is 0.0961. The number of hydrogen-bond donors (Lipinski definition) is 0. The lowest BCUT2D eigenvalue weighted by molar-refractivity contribution is -0.136. The Morgan fingerprint density at radius 1 is 1.15 bits per heavy atom. The molecule has 26 heavy (non-hydrogen) atoms. The molecule has 2 aromatic rings. The fourth-order valence-corrected chi connectivity index (χ4v) is 3.09. The van der Waals surface area contributed by atoms with E-state index in [0.717, 1.165) is 23.3 Å². The summed E-state index contributed by atoms with van der Waals surface area (Å²) in [6.45, 7) is 7.08. The molecule has 136 valence electrons. The number of aryl methyl sites for hydroxylation is 1. The minimum Gasteiger partial charge on any atom is -0.390 e. The zero-order valence-electron chi connectivity index (χ0n) is 15.7. The van der Waals surface area contributed by atoms with Crippen LogP contribution >= 0.6 is 0 Å². The molecular formula is C22H26N2O2. The Morgan fingerprint density at radius 3 is 2.50 bits per heavy atom. The number of carbonyl (C=O) groups excluding carboxylic acids is 1. The maximum Gasteiger partial charge on any atom is 0.225 e. The van der Waals surface area contributed by atoms with E-state index in [1.165, 1.54) is 5.56 Å². The van der Waals surface area contributed by atoms with Crippen molar-refractivity contribution in [2.75, 3.05) is 6.54 Å². The van der Waals surface area contributed by atoms with E-state index >= 15 is 0 Å². The quantitative estimate of drug-likeness (QED) is 0.784. The van der Waals surface area contributed by atoms with Crippen molar-refractivity contribution in [2.45, 2.75) is 39.8 Å². The molecule has 1 unspecified atom stereocenters. The van der Waals surface area contributed by atoms with Crippen LogP contribution in [0.5, 0.6) is 0 Å². The molecule has 0 aromatic heterocycles. The Kier molecular flexibility index (Phi) is 5.71. The lowest BCUT2D eigenvalue weighted by Gasteiger charge is -2.26. The molecule has 0 fully saturated rings. The lowest BCUT2D eigenvalue weighted by Crippen LogP contribution is -2.39. The molecule has 4 heteroatoms. The van der Waals surface area contributed by atoms with Gasteiger partial charge in [-0.05, 0) is 18.1 Å². The second-order valence-corrected chi connectivity index (χ2v) is 7.19. The Hall–Kier alpha value is -2.62. The van der Waals surface area contributed by atoms with Crippen molar-refractivity contribution in [3.05, 3.63) is 71.3 Å². The molecule has 1 aliphatic rings. The third kappa shape index (κ3) is 4.51. The monoisotopic (exact) mass is 350 g/mol. The van der Waals surface area contributed by atoms with Crippen LogP contribution in [0, 0.1) is 12.8 Å². The van der Waals surface area contributed by atoms with E-state index < -0.39 is 0 Å². The summed E-state index contributed by atoms with van der Waals surface area (Å²) in [5, 5.41) is 4.26. The Balaban J connectivity index is 1.66. The molecule has 0 spiro atoms. The highest BCUT2D eigenvalue weighted by molar-refractivity contribution is 6.01. The SMILES string of the molecule is Cc1ccc(C2=NOC(CN(Cc3ccccc3)C(=O)C(C)C)C2)cc1. The van der Waals surface area contributed by atoms with Crippen molar-refractivity contribution >= 4 is 11.6 Å². The summed E-state index contributed by atoms with van der Waals surface area (Å²) in [5.41, 5.74) is 4.38. The maximum absolute atomic E-state index is 12.7. The average molecular weight is 350 g/mol. The van der Waals surface area contributed by atoms with Crippen LogP contribution < -0.4 is 0 Å². The highest BCUT2D eigenvalue weighted by atomic mass is 16.6. The van der Waals surface area contributed by atoms with E-state index in [1.807, 2.05) is 49.1 Å². The molecule has 4 nitrogen and oxygen atoms in total. The van der Waals surface area contributed by atoms with Gasteiger partial charge in [-0.3, -0.25) is 4.79 Å². The van der Waals surface area contributed by atoms with E-state index in [4.69, 9.17) is 4.84 Å². The number of carbonyl (C=O) groups is 1. The molecule has 0 saturated heterocycles. The molecule has 1 heterocycles. The number of nitrogens with zero attached hydrogens (tertiary/aromatic N) is 2. The Labute approximate surface area is 155 Å². The summed E-state index contributed by atoms with van der Waals surface area (Å²) >= 11 is 0. The topological polar surface area (TPSA) is 41.9 Å². The predicted molar refractivity (Wildman–Crippen MR) is 104 cm³/mol. The fourth-order valence-electron chi connectivity index (χ4n) is 3.09. The van der Waals surface area contributed by atoms with Gasteiger partial charge in [0.2, 0.25) is 5.91 Å². The smallest absolute Gasteiger partial charge is 0.225 e. The van der Waals surface area contributed by atoms with E-state index in [2.05, 4.69) is 36.3 Å². The van der Waals surface area contributed by atoms with Crippen molar-refractivity contribution in [1.29, 1.82) is 0 Å². The molecule has 1 atom stereocenters. The van der Waals surface area contributed by atoms with E-state index in [0.29, 0.717) is 13.1 Å². The third-order valence-corrected chi connectivity index (χ3v) is 4.56. The van der Waals surface area contributed by atoms with Crippen molar-refractivity contribution in [1.82, 2.24) is 4.90 Å². The van der Waals surface area contributed by atoms with Gasteiger partial charge < -0.3 is 9.74 Å². The summed E-state index contributed by atoms with van der Waals surface area (Å²) in [6, 6.07) is 18.4. The van der Waals surface area contributed by atoms with Crippen LogP contribution in [0.3, 0.4) is 0 Å². The van der Waals surface area contributed by atoms with Gasteiger partial charge >= 0.3 is 0 Å². The summed E-state index contributed by atoms with van der Waals surface area (Å²) in [4.78, 5) is 20.2. The lowest BCUT2D eigenvalue weighted by atomic mass is 10.0. The fraction of sp³-hybridized carbons (Fsp3) is 0.364. The van der Waals surface area contributed by atoms with Crippen LogP contribution in [-0.4, -0.2) is 29.2 Å². The van der Waals surface area contributed by atoms with Crippen LogP contribution in [-0.2, 0) is 16.2 Å². The molecule has 0 radical (unpaired) electrons. The first-order valence-corrected chi connectivity index (χ1v) is 9.15. The highest BCUT2D eigenvalue weighted by Gasteiger charge is 2.27. The van der Waals surface area contributed by atoms with Crippen molar-refractivity contribution < 1.29 is 9.63 Å². The van der Waals surface area contributed by atoms with Crippen LogP contribution in [0.15, 0.2) is 59.8 Å². The number of benzene rings is 2. The third-order valence-electron chi connectivity index (χ3n) is 4.56. The first-order valence-electron chi connectivity index (χ1n) is 9.15. The van der Waals surface area contributed by atoms with Gasteiger partial charge in [0, 0.05) is 18.9 Å². The number of amides is 1.